The molecule has 0 saturated carbocycles. The van der Waals surface area contributed by atoms with Crippen molar-refractivity contribution in [3.63, 3.8) is 0 Å². The Morgan fingerprint density at radius 3 is 1.16 bits per heavy atom. The van der Waals surface area contributed by atoms with E-state index in [1.54, 1.807) is 0 Å². The average molecular weight is 443 g/mol. The van der Waals surface area contributed by atoms with Crippen LogP contribution in [0.5, 0.6) is 0 Å². The first-order chi connectivity index (χ1) is 13.3. The second kappa shape index (κ2) is 17.6. The van der Waals surface area contributed by atoms with Gasteiger partial charge in [0.1, 0.15) is 17.3 Å². The average Bonchev–Trinajstić information content (AvgIpc) is 2.56. The van der Waals surface area contributed by atoms with Gasteiger partial charge in [0.15, 0.2) is 0 Å². The summed E-state index contributed by atoms with van der Waals surface area (Å²) in [5.74, 6) is 1.27. The van der Waals surface area contributed by atoms with Crippen molar-refractivity contribution in [1.82, 2.24) is 0 Å². The van der Waals surface area contributed by atoms with Crippen LogP contribution in [0.3, 0.4) is 0 Å². The van der Waals surface area contributed by atoms with Crippen LogP contribution in [0.4, 0.5) is 0 Å². The maximum absolute atomic E-state index is 11.4. The molecule has 0 amide bonds. The molecule has 0 rings (SSSR count). The zero-order valence-electron chi connectivity index (χ0n) is 22.8. The van der Waals surface area contributed by atoms with Crippen LogP contribution in [-0.2, 0) is 14.4 Å². The van der Waals surface area contributed by atoms with E-state index in [0.29, 0.717) is 17.3 Å². The van der Waals surface area contributed by atoms with Crippen LogP contribution in [-0.4, -0.2) is 17.3 Å². The summed E-state index contributed by atoms with van der Waals surface area (Å²) >= 11 is 0. The van der Waals surface area contributed by atoms with Gasteiger partial charge in [-0.05, 0) is 12.8 Å². The minimum Gasteiger partial charge on any atom is -0.299 e. The third-order valence-electron chi connectivity index (χ3n) is 4.67. The SMILES string of the molecule is C.CC(C)C(=O)C(C)(C)C.CCCC(=O)C(C)(C)C.CCCCCCC(=O)C(C)(C)C. The molecule has 0 unspecified atom stereocenters. The Bertz CT molecular complexity index is 480. The van der Waals surface area contributed by atoms with E-state index in [1.807, 2.05) is 83.1 Å². The van der Waals surface area contributed by atoms with Crippen molar-refractivity contribution in [2.75, 3.05) is 0 Å². The summed E-state index contributed by atoms with van der Waals surface area (Å²) < 4.78 is 0. The molecule has 0 spiro atoms. The molecule has 0 heterocycles. The predicted molar refractivity (Wildman–Crippen MR) is 139 cm³/mol. The summed E-state index contributed by atoms with van der Waals surface area (Å²) in [5.41, 5.74) is -0.420. The van der Waals surface area contributed by atoms with E-state index in [1.165, 1.54) is 19.3 Å². The highest BCUT2D eigenvalue weighted by atomic mass is 16.1. The fourth-order valence-corrected chi connectivity index (χ4v) is 2.56. The van der Waals surface area contributed by atoms with Crippen LogP contribution < -0.4 is 0 Å². The summed E-state index contributed by atoms with van der Waals surface area (Å²) in [5, 5.41) is 0. The van der Waals surface area contributed by atoms with Crippen molar-refractivity contribution in [3.05, 3.63) is 0 Å². The van der Waals surface area contributed by atoms with E-state index < -0.39 is 0 Å². The second-order valence-corrected chi connectivity index (χ2v) is 11.7. The van der Waals surface area contributed by atoms with Gasteiger partial charge < -0.3 is 0 Å². The zero-order valence-corrected chi connectivity index (χ0v) is 22.8. The number of Topliss-reactive ketones (excluding diaryl/α,β-unsaturated/α-hetero) is 3. The van der Waals surface area contributed by atoms with Crippen LogP contribution in [0, 0.1) is 22.2 Å². The van der Waals surface area contributed by atoms with Crippen molar-refractivity contribution >= 4 is 17.3 Å². The van der Waals surface area contributed by atoms with E-state index in [4.69, 9.17) is 0 Å². The largest absolute Gasteiger partial charge is 0.299 e. The fourth-order valence-electron chi connectivity index (χ4n) is 2.56. The molecule has 31 heavy (non-hydrogen) atoms. The Morgan fingerprint density at radius 1 is 0.581 bits per heavy atom. The highest BCUT2D eigenvalue weighted by Crippen LogP contribution is 2.20. The maximum atomic E-state index is 11.4. The molecule has 0 aliphatic carbocycles. The third kappa shape index (κ3) is 23.5. The van der Waals surface area contributed by atoms with Gasteiger partial charge in [-0.3, -0.25) is 14.4 Å². The quantitative estimate of drug-likeness (QED) is 0.353. The molecule has 0 N–H and O–H groups in total. The fraction of sp³-hybridized carbons (Fsp3) is 0.893. The van der Waals surface area contributed by atoms with Crippen LogP contribution in [0.2, 0.25) is 0 Å². The van der Waals surface area contributed by atoms with Gasteiger partial charge in [0.25, 0.3) is 0 Å². The summed E-state index contributed by atoms with van der Waals surface area (Å²) in [7, 11) is 0. The molecule has 3 nitrogen and oxygen atoms in total. The number of unbranched alkanes of at least 4 members (excludes halogenated alkanes) is 3. The first-order valence-electron chi connectivity index (χ1n) is 11.9. The molecule has 0 fully saturated rings. The second-order valence-electron chi connectivity index (χ2n) is 11.7. The van der Waals surface area contributed by atoms with Gasteiger partial charge in [-0.15, -0.1) is 0 Å². The smallest absolute Gasteiger partial charge is 0.140 e. The van der Waals surface area contributed by atoms with Crippen molar-refractivity contribution < 1.29 is 14.4 Å². The van der Waals surface area contributed by atoms with E-state index in [-0.39, 0.29) is 29.6 Å². The standard InChI is InChI=1S/C11H22O.2C8H16O.CH4/c1-5-6-7-8-9-10(12)11(2,3)4;1-6(2)7(9)8(3,4)5;1-5-6-7(9)8(2,3)4;/h5-9H2,1-4H3;6H,1-5H3;5-6H2,1-4H3;1H4. The molecule has 0 radical (unpaired) electrons. The topological polar surface area (TPSA) is 51.2 Å². The van der Waals surface area contributed by atoms with Gasteiger partial charge in [0, 0.05) is 35.0 Å². The Kier molecular flexibility index (Phi) is 21.1. The Labute approximate surface area is 196 Å². The number of rotatable bonds is 8. The third-order valence-corrected chi connectivity index (χ3v) is 4.67. The summed E-state index contributed by atoms with van der Waals surface area (Å²) in [4.78, 5) is 33.7. The van der Waals surface area contributed by atoms with Gasteiger partial charge in [-0.1, -0.05) is 117 Å². The van der Waals surface area contributed by atoms with Crippen molar-refractivity contribution in [2.24, 2.45) is 22.2 Å². The number of ketones is 3. The number of hydrogen-bond acceptors (Lipinski definition) is 3. The van der Waals surface area contributed by atoms with Crippen molar-refractivity contribution in [1.29, 1.82) is 0 Å². The van der Waals surface area contributed by atoms with Gasteiger partial charge in [0.05, 0.1) is 0 Å². The lowest BCUT2D eigenvalue weighted by molar-refractivity contribution is -0.129. The Hall–Kier alpha value is -0.990. The Morgan fingerprint density at radius 2 is 0.968 bits per heavy atom. The van der Waals surface area contributed by atoms with Gasteiger partial charge >= 0.3 is 0 Å². The normalized spacial score (nSPS) is 11.4. The lowest BCUT2D eigenvalue weighted by atomic mass is 9.85. The van der Waals surface area contributed by atoms with Gasteiger partial charge in [0.2, 0.25) is 0 Å². The number of hydrogen-bond donors (Lipinski definition) is 0. The van der Waals surface area contributed by atoms with E-state index >= 15 is 0 Å². The molecule has 0 bridgehead atoms. The molecule has 0 aliphatic heterocycles. The first-order valence-corrected chi connectivity index (χ1v) is 11.9. The van der Waals surface area contributed by atoms with E-state index in [9.17, 15) is 14.4 Å². The predicted octanol–water partition coefficient (Wildman–Crippen LogP) is 8.87. The molecule has 0 aliphatic rings. The van der Waals surface area contributed by atoms with Crippen LogP contribution in [0.25, 0.3) is 0 Å². The highest BCUT2D eigenvalue weighted by molar-refractivity contribution is 5.85. The van der Waals surface area contributed by atoms with E-state index in [2.05, 4.69) is 6.92 Å². The number of carbonyl (C=O) groups excluding carboxylic acids is 3. The lowest BCUT2D eigenvalue weighted by Gasteiger charge is -2.18. The summed E-state index contributed by atoms with van der Waals surface area (Å²) in [6.45, 7) is 25.8. The molecule has 0 atom stereocenters. The van der Waals surface area contributed by atoms with Crippen LogP contribution in [0.1, 0.15) is 142 Å². The molecular formula is C28H58O3. The van der Waals surface area contributed by atoms with Crippen molar-refractivity contribution in [2.45, 2.75) is 142 Å². The van der Waals surface area contributed by atoms with Crippen molar-refractivity contribution in [3.8, 4) is 0 Å². The summed E-state index contributed by atoms with van der Waals surface area (Å²) in [6, 6.07) is 0. The molecule has 0 saturated heterocycles. The van der Waals surface area contributed by atoms with Gasteiger partial charge in [-0.2, -0.15) is 0 Å². The van der Waals surface area contributed by atoms with Crippen LogP contribution >= 0.6 is 0 Å². The molecular weight excluding hydrogens is 384 g/mol. The first kappa shape index (κ1) is 37.3. The molecule has 0 aromatic rings. The summed E-state index contributed by atoms with van der Waals surface area (Å²) in [6.07, 6.45) is 7.24. The Balaban J connectivity index is -0.000000176. The minimum atomic E-state index is -0.159. The highest BCUT2D eigenvalue weighted by Gasteiger charge is 2.23. The molecule has 0 aromatic carbocycles. The van der Waals surface area contributed by atoms with E-state index in [0.717, 1.165) is 25.7 Å². The van der Waals surface area contributed by atoms with Gasteiger partial charge in [-0.25, -0.2) is 0 Å². The maximum Gasteiger partial charge on any atom is 0.140 e. The van der Waals surface area contributed by atoms with Crippen LogP contribution in [0.15, 0.2) is 0 Å². The zero-order chi connectivity index (χ0) is 24.8. The lowest BCUT2D eigenvalue weighted by Crippen LogP contribution is -2.24. The number of carbonyl (C=O) groups is 3. The monoisotopic (exact) mass is 442 g/mol. The minimum absolute atomic E-state index is 0. The molecule has 0 aromatic heterocycles. The molecule has 188 valence electrons. The molecule has 3 heteroatoms.